The van der Waals surface area contributed by atoms with Crippen molar-refractivity contribution in [3.63, 3.8) is 0 Å². The quantitative estimate of drug-likeness (QED) is 0.415. The molecule has 0 unspecified atom stereocenters. The maximum Gasteiger partial charge on any atom is 0.250 e. The maximum atomic E-state index is 12.0. The van der Waals surface area contributed by atoms with Gasteiger partial charge in [0.1, 0.15) is 4.21 Å². The van der Waals surface area contributed by atoms with Crippen LogP contribution >= 0.6 is 11.3 Å². The van der Waals surface area contributed by atoms with E-state index in [0.717, 1.165) is 5.96 Å². The molecule has 0 radical (unpaired) electrons. The van der Waals surface area contributed by atoms with Gasteiger partial charge in [-0.25, -0.2) is 13.1 Å². The van der Waals surface area contributed by atoms with Gasteiger partial charge in [0.25, 0.3) is 0 Å². The maximum absolute atomic E-state index is 12.0. The van der Waals surface area contributed by atoms with Crippen LogP contribution < -0.4 is 15.4 Å². The Morgan fingerprint density at radius 1 is 1.32 bits per heavy atom. The fraction of sp³-hybridized carbons (Fsp3) is 0.643. The molecule has 6 nitrogen and oxygen atoms in total. The lowest BCUT2D eigenvalue weighted by molar-refractivity contribution is 0.410. The van der Waals surface area contributed by atoms with Crippen molar-refractivity contribution in [1.29, 1.82) is 0 Å². The van der Waals surface area contributed by atoms with Gasteiger partial charge in [-0.1, -0.05) is 25.3 Å². The van der Waals surface area contributed by atoms with Crippen molar-refractivity contribution >= 4 is 27.3 Å². The van der Waals surface area contributed by atoms with Gasteiger partial charge in [-0.15, -0.1) is 11.3 Å². The highest BCUT2D eigenvalue weighted by Crippen LogP contribution is 2.17. The first-order valence-electron chi connectivity index (χ1n) is 7.62. The summed E-state index contributed by atoms with van der Waals surface area (Å²) in [6, 6.07) is 3.81. The van der Waals surface area contributed by atoms with Crippen LogP contribution in [-0.4, -0.2) is 40.6 Å². The predicted octanol–water partition coefficient (Wildman–Crippen LogP) is 1.52. The summed E-state index contributed by atoms with van der Waals surface area (Å²) in [6.07, 6.45) is 6.18. The molecule has 1 aliphatic carbocycles. The number of guanidine groups is 1. The number of hydrogen-bond acceptors (Lipinski definition) is 4. The smallest absolute Gasteiger partial charge is 0.250 e. The van der Waals surface area contributed by atoms with Crippen LogP contribution in [0.4, 0.5) is 0 Å². The van der Waals surface area contributed by atoms with Crippen molar-refractivity contribution in [3.05, 3.63) is 17.5 Å². The molecule has 1 heterocycles. The van der Waals surface area contributed by atoms with Crippen LogP contribution in [0.3, 0.4) is 0 Å². The Bertz CT molecular complexity index is 564. The van der Waals surface area contributed by atoms with Crippen molar-refractivity contribution in [2.45, 2.75) is 42.4 Å². The monoisotopic (exact) mass is 344 g/mol. The SMILES string of the molecule is CN=C(NCCNS(=O)(=O)c1cccs1)NC1CCCCC1. The average molecular weight is 345 g/mol. The largest absolute Gasteiger partial charge is 0.355 e. The summed E-state index contributed by atoms with van der Waals surface area (Å²) in [6.45, 7) is 0.822. The van der Waals surface area contributed by atoms with Crippen molar-refractivity contribution in [3.8, 4) is 0 Å². The van der Waals surface area contributed by atoms with Crippen molar-refractivity contribution in [2.75, 3.05) is 20.1 Å². The molecule has 0 amide bonds. The number of rotatable bonds is 6. The lowest BCUT2D eigenvalue weighted by Crippen LogP contribution is -2.46. The number of nitrogens with zero attached hydrogens (tertiary/aromatic N) is 1. The van der Waals surface area contributed by atoms with E-state index in [1.165, 1.54) is 43.4 Å². The third kappa shape index (κ3) is 5.26. The Labute approximate surface area is 136 Å². The molecule has 0 atom stereocenters. The molecule has 1 aliphatic rings. The molecule has 22 heavy (non-hydrogen) atoms. The minimum Gasteiger partial charge on any atom is -0.355 e. The fourth-order valence-corrected chi connectivity index (χ4v) is 4.56. The van der Waals surface area contributed by atoms with E-state index in [0.29, 0.717) is 23.3 Å². The van der Waals surface area contributed by atoms with E-state index < -0.39 is 10.0 Å². The van der Waals surface area contributed by atoms with E-state index in [4.69, 9.17) is 0 Å². The van der Waals surface area contributed by atoms with Crippen LogP contribution in [0.2, 0.25) is 0 Å². The molecular weight excluding hydrogens is 320 g/mol. The number of nitrogens with one attached hydrogen (secondary N) is 3. The minimum atomic E-state index is -3.38. The lowest BCUT2D eigenvalue weighted by atomic mass is 9.96. The molecule has 1 fully saturated rings. The Balaban J connectivity index is 1.70. The first kappa shape index (κ1) is 17.2. The molecule has 1 aromatic heterocycles. The van der Waals surface area contributed by atoms with Gasteiger partial charge in [0.15, 0.2) is 5.96 Å². The van der Waals surface area contributed by atoms with E-state index in [9.17, 15) is 8.42 Å². The summed E-state index contributed by atoms with van der Waals surface area (Å²) in [5, 5.41) is 8.30. The van der Waals surface area contributed by atoms with E-state index in [2.05, 4.69) is 20.3 Å². The van der Waals surface area contributed by atoms with Gasteiger partial charge in [0.2, 0.25) is 10.0 Å². The third-order valence-electron chi connectivity index (χ3n) is 3.64. The minimum absolute atomic E-state index is 0.325. The number of sulfonamides is 1. The molecule has 1 saturated carbocycles. The summed E-state index contributed by atoms with van der Waals surface area (Å²) in [5.74, 6) is 0.738. The molecule has 1 aromatic rings. The Morgan fingerprint density at radius 3 is 2.73 bits per heavy atom. The van der Waals surface area contributed by atoms with E-state index in [-0.39, 0.29) is 0 Å². The van der Waals surface area contributed by atoms with Gasteiger partial charge in [-0.2, -0.15) is 0 Å². The molecule has 8 heteroatoms. The van der Waals surface area contributed by atoms with E-state index in [1.807, 2.05) is 0 Å². The molecule has 0 aliphatic heterocycles. The number of thiophene rings is 1. The van der Waals surface area contributed by atoms with E-state index in [1.54, 1.807) is 24.6 Å². The molecule has 0 spiro atoms. The van der Waals surface area contributed by atoms with Gasteiger partial charge in [0.05, 0.1) is 0 Å². The standard InChI is InChI=1S/C14H24N4O2S2/c1-15-14(18-12-6-3-2-4-7-12)16-9-10-17-22(19,20)13-8-5-11-21-13/h5,8,11-12,17H,2-4,6-7,9-10H2,1H3,(H2,15,16,18). The summed E-state index contributed by atoms with van der Waals surface area (Å²) in [4.78, 5) is 4.19. The molecule has 0 aromatic carbocycles. The van der Waals surface area contributed by atoms with Gasteiger partial charge in [-0.3, -0.25) is 4.99 Å². The first-order valence-corrected chi connectivity index (χ1v) is 9.98. The molecular formula is C14H24N4O2S2. The molecule has 0 bridgehead atoms. The molecule has 2 rings (SSSR count). The highest BCUT2D eigenvalue weighted by atomic mass is 32.2. The summed E-state index contributed by atoms with van der Waals surface area (Å²) < 4.78 is 26.8. The van der Waals surface area contributed by atoms with E-state index >= 15 is 0 Å². The highest BCUT2D eigenvalue weighted by molar-refractivity contribution is 7.91. The topological polar surface area (TPSA) is 82.6 Å². The van der Waals surface area contributed by atoms with Crippen LogP contribution in [0.25, 0.3) is 0 Å². The van der Waals surface area contributed by atoms with Crippen LogP contribution in [0.15, 0.2) is 26.7 Å². The van der Waals surface area contributed by atoms with Crippen LogP contribution in [-0.2, 0) is 10.0 Å². The van der Waals surface area contributed by atoms with Gasteiger partial charge >= 0.3 is 0 Å². The van der Waals surface area contributed by atoms with Gasteiger partial charge in [-0.05, 0) is 24.3 Å². The summed E-state index contributed by atoms with van der Waals surface area (Å²) in [7, 11) is -1.65. The van der Waals surface area contributed by atoms with Crippen LogP contribution in [0, 0.1) is 0 Å². The average Bonchev–Trinajstić information content (AvgIpc) is 3.06. The van der Waals surface area contributed by atoms with Crippen molar-refractivity contribution < 1.29 is 8.42 Å². The lowest BCUT2D eigenvalue weighted by Gasteiger charge is -2.24. The second-order valence-electron chi connectivity index (χ2n) is 5.31. The zero-order valence-corrected chi connectivity index (χ0v) is 14.5. The zero-order valence-electron chi connectivity index (χ0n) is 12.8. The van der Waals surface area contributed by atoms with Crippen LogP contribution in [0.5, 0.6) is 0 Å². The first-order chi connectivity index (χ1) is 10.6. The number of aliphatic imine (C=N–C) groups is 1. The highest BCUT2D eigenvalue weighted by Gasteiger charge is 2.15. The Morgan fingerprint density at radius 2 is 2.09 bits per heavy atom. The third-order valence-corrected chi connectivity index (χ3v) is 6.50. The zero-order chi connectivity index (χ0) is 15.8. The van der Waals surface area contributed by atoms with Crippen LogP contribution in [0.1, 0.15) is 32.1 Å². The molecule has 3 N–H and O–H groups in total. The summed E-state index contributed by atoms with van der Waals surface area (Å²) in [5.41, 5.74) is 0. The Hall–Kier alpha value is -1.12. The van der Waals surface area contributed by atoms with Crippen molar-refractivity contribution in [2.24, 2.45) is 4.99 Å². The second kappa shape index (κ2) is 8.50. The molecule has 124 valence electrons. The fourth-order valence-electron chi connectivity index (χ4n) is 2.49. The predicted molar refractivity (Wildman–Crippen MR) is 90.9 cm³/mol. The normalized spacial score (nSPS) is 17.4. The second-order valence-corrected chi connectivity index (χ2v) is 8.25. The molecule has 0 saturated heterocycles. The van der Waals surface area contributed by atoms with Gasteiger partial charge in [0, 0.05) is 26.2 Å². The number of hydrogen-bond donors (Lipinski definition) is 3. The van der Waals surface area contributed by atoms with Gasteiger partial charge < -0.3 is 10.6 Å². The van der Waals surface area contributed by atoms with Crippen molar-refractivity contribution in [1.82, 2.24) is 15.4 Å². The Kier molecular flexibility index (Phi) is 6.66. The summed E-state index contributed by atoms with van der Waals surface area (Å²) >= 11 is 1.22.